The van der Waals surface area contributed by atoms with E-state index in [1.165, 1.54) is 0 Å². The van der Waals surface area contributed by atoms with E-state index >= 15 is 0 Å². The third kappa shape index (κ3) is 1.02. The second-order valence-electron chi connectivity index (χ2n) is 7.78. The summed E-state index contributed by atoms with van der Waals surface area (Å²) in [5.41, 5.74) is -4.33. The van der Waals surface area contributed by atoms with Crippen LogP contribution in [0.5, 0.6) is 0 Å². The second kappa shape index (κ2) is 3.30. The summed E-state index contributed by atoms with van der Waals surface area (Å²) >= 11 is 0. The van der Waals surface area contributed by atoms with Gasteiger partial charge in [-0.3, -0.25) is 0 Å². The van der Waals surface area contributed by atoms with Gasteiger partial charge in [-0.15, -0.1) is 0 Å². The zero-order valence-electron chi connectivity index (χ0n) is 12.5. The fraction of sp³-hybridized carbons (Fsp3) is 0.933. The van der Waals surface area contributed by atoms with Gasteiger partial charge in [0.05, 0.1) is 11.0 Å². The van der Waals surface area contributed by atoms with Crippen molar-refractivity contribution in [1.29, 1.82) is 0 Å². The molecule has 1 saturated carbocycles. The zero-order valence-corrected chi connectivity index (χ0v) is 12.5. The molecule has 1 spiro atoms. The number of aliphatic hydroxyl groups excluding tert-OH is 1. The molecular formula is C15H22O6. The maximum Gasteiger partial charge on any atom is 0.335 e. The number of rotatable bonds is 0. The van der Waals surface area contributed by atoms with Gasteiger partial charge in [0.15, 0.2) is 11.9 Å². The average Bonchev–Trinajstić information content (AvgIpc) is 2.88. The third-order valence-electron chi connectivity index (χ3n) is 7.38. The highest BCUT2D eigenvalue weighted by Gasteiger charge is 2.90. The normalized spacial score (nSPS) is 65.1. The molecule has 21 heavy (non-hydrogen) atoms. The summed E-state index contributed by atoms with van der Waals surface area (Å²) in [7, 11) is 0. The van der Waals surface area contributed by atoms with Crippen LogP contribution in [0.4, 0.5) is 0 Å². The minimum Gasteiger partial charge on any atom is -0.463 e. The fourth-order valence-electron chi connectivity index (χ4n) is 5.84. The Morgan fingerprint density at radius 3 is 2.62 bits per heavy atom. The van der Waals surface area contributed by atoms with Gasteiger partial charge in [-0.2, -0.15) is 0 Å². The van der Waals surface area contributed by atoms with Crippen LogP contribution in [0.3, 0.4) is 0 Å². The van der Waals surface area contributed by atoms with Gasteiger partial charge in [0, 0.05) is 11.8 Å². The molecule has 4 rings (SSSR count). The number of aliphatic hydroxyl groups is 3. The van der Waals surface area contributed by atoms with E-state index in [1.54, 1.807) is 13.8 Å². The summed E-state index contributed by atoms with van der Waals surface area (Å²) in [5, 5.41) is 32.6. The first-order valence-electron chi connectivity index (χ1n) is 7.58. The lowest BCUT2D eigenvalue weighted by atomic mass is 9.47. The molecule has 0 aromatic rings. The van der Waals surface area contributed by atoms with E-state index in [-0.39, 0.29) is 18.9 Å². The Morgan fingerprint density at radius 2 is 1.95 bits per heavy atom. The molecule has 6 heteroatoms. The van der Waals surface area contributed by atoms with Gasteiger partial charge in [0.25, 0.3) is 0 Å². The quantitative estimate of drug-likeness (QED) is 0.542. The van der Waals surface area contributed by atoms with E-state index in [4.69, 9.17) is 9.47 Å². The van der Waals surface area contributed by atoms with E-state index in [9.17, 15) is 20.1 Å². The molecule has 0 amide bonds. The molecule has 4 aliphatic rings. The van der Waals surface area contributed by atoms with Gasteiger partial charge in [-0.05, 0) is 25.7 Å². The van der Waals surface area contributed by atoms with Crippen molar-refractivity contribution in [2.24, 2.45) is 16.7 Å². The van der Waals surface area contributed by atoms with Gasteiger partial charge in [0.1, 0.15) is 12.2 Å². The van der Waals surface area contributed by atoms with E-state index in [0.717, 1.165) is 6.42 Å². The SMILES string of the molecule is C[C@@H]1CC[C@@]23O[C@@]4(O)C[C@@]12[C@@H](O)C(=O)OC[C@]3(C)[C@]4(C)O. The smallest absolute Gasteiger partial charge is 0.335 e. The Balaban J connectivity index is 2.05. The molecule has 3 heterocycles. The molecule has 6 nitrogen and oxygen atoms in total. The van der Waals surface area contributed by atoms with Crippen LogP contribution in [0, 0.1) is 16.7 Å². The molecule has 118 valence electrons. The monoisotopic (exact) mass is 298 g/mol. The van der Waals surface area contributed by atoms with Crippen LogP contribution in [0.25, 0.3) is 0 Å². The molecule has 1 aliphatic carbocycles. The molecule has 0 aromatic heterocycles. The Hall–Kier alpha value is -0.690. The van der Waals surface area contributed by atoms with Crippen LogP contribution in [-0.4, -0.2) is 51.0 Å². The van der Waals surface area contributed by atoms with Crippen LogP contribution < -0.4 is 0 Å². The van der Waals surface area contributed by atoms with Crippen molar-refractivity contribution in [3.8, 4) is 0 Å². The highest BCUT2D eigenvalue weighted by Crippen LogP contribution is 2.79. The summed E-state index contributed by atoms with van der Waals surface area (Å²) in [6.45, 7) is 5.24. The molecule has 7 atom stereocenters. The van der Waals surface area contributed by atoms with Gasteiger partial charge < -0.3 is 24.8 Å². The van der Waals surface area contributed by atoms with Crippen LogP contribution >= 0.6 is 0 Å². The predicted octanol–water partition coefficient (Wildman–Crippen LogP) is -0.0610. The maximum atomic E-state index is 12.2. The number of fused-ring (bicyclic) bond motifs is 1. The highest BCUT2D eigenvalue weighted by atomic mass is 16.7. The van der Waals surface area contributed by atoms with Crippen molar-refractivity contribution in [1.82, 2.24) is 0 Å². The highest BCUT2D eigenvalue weighted by molar-refractivity contribution is 5.77. The number of hydrogen-bond acceptors (Lipinski definition) is 6. The molecule has 0 aromatic carbocycles. The van der Waals surface area contributed by atoms with Crippen molar-refractivity contribution in [3.63, 3.8) is 0 Å². The Labute approximate surface area is 123 Å². The topological polar surface area (TPSA) is 96.2 Å². The standard InChI is InChI=1S/C15H22O6/c1-8-4-5-14-11(2)7-20-10(17)9(16)13(8,14)6-15(19,21-14)12(11,3)18/h8-9,16,18-19H,4-7H2,1-3H3/t8-,9+,11-,12+,13+,14+,15+/m1/s1. The first-order chi connectivity index (χ1) is 9.58. The first kappa shape index (κ1) is 13.9. The Bertz CT molecular complexity index is 546. The van der Waals surface area contributed by atoms with E-state index in [0.29, 0.717) is 6.42 Å². The third-order valence-corrected chi connectivity index (χ3v) is 7.38. The number of carbonyl (C=O) groups is 1. The summed E-state index contributed by atoms with van der Waals surface area (Å²) in [6.07, 6.45) is 0.102. The Kier molecular flexibility index (Phi) is 2.19. The predicted molar refractivity (Wildman–Crippen MR) is 69.9 cm³/mol. The van der Waals surface area contributed by atoms with Crippen LogP contribution in [-0.2, 0) is 14.3 Å². The molecule has 0 radical (unpaired) electrons. The number of carbonyl (C=O) groups excluding carboxylic acids is 1. The molecule has 3 aliphatic heterocycles. The maximum absolute atomic E-state index is 12.2. The van der Waals surface area contributed by atoms with E-state index in [2.05, 4.69) is 0 Å². The zero-order chi connectivity index (χ0) is 15.5. The van der Waals surface area contributed by atoms with Crippen LogP contribution in [0.2, 0.25) is 0 Å². The summed E-state index contributed by atoms with van der Waals surface area (Å²) in [5.74, 6) is -2.43. The van der Waals surface area contributed by atoms with Crippen molar-refractivity contribution in [2.75, 3.05) is 6.61 Å². The van der Waals surface area contributed by atoms with Crippen molar-refractivity contribution < 1.29 is 29.6 Å². The molecule has 3 saturated heterocycles. The van der Waals surface area contributed by atoms with Gasteiger partial charge in [-0.1, -0.05) is 13.8 Å². The summed E-state index contributed by atoms with van der Waals surface area (Å²) < 4.78 is 11.3. The van der Waals surface area contributed by atoms with Gasteiger partial charge in [-0.25, -0.2) is 4.79 Å². The fourth-order valence-corrected chi connectivity index (χ4v) is 5.84. The van der Waals surface area contributed by atoms with Crippen molar-refractivity contribution >= 4 is 5.97 Å². The minimum atomic E-state index is -1.76. The molecule has 4 fully saturated rings. The average molecular weight is 298 g/mol. The largest absolute Gasteiger partial charge is 0.463 e. The number of ether oxygens (including phenoxy) is 2. The van der Waals surface area contributed by atoms with Gasteiger partial charge >= 0.3 is 5.97 Å². The first-order valence-corrected chi connectivity index (χ1v) is 7.58. The molecule has 0 unspecified atom stereocenters. The van der Waals surface area contributed by atoms with E-state index in [1.807, 2.05) is 6.92 Å². The van der Waals surface area contributed by atoms with E-state index < -0.39 is 39.9 Å². The van der Waals surface area contributed by atoms with Crippen molar-refractivity contribution in [3.05, 3.63) is 0 Å². The lowest BCUT2D eigenvalue weighted by molar-refractivity contribution is -0.257. The summed E-state index contributed by atoms with van der Waals surface area (Å²) in [6, 6.07) is 0. The lowest BCUT2D eigenvalue weighted by Gasteiger charge is -2.55. The minimum absolute atomic E-state index is 0.00241. The number of cyclic esters (lactones) is 1. The lowest BCUT2D eigenvalue weighted by Crippen LogP contribution is -2.69. The van der Waals surface area contributed by atoms with Crippen molar-refractivity contribution in [2.45, 2.75) is 63.1 Å². The number of hydrogen-bond donors (Lipinski definition) is 3. The molecule has 3 N–H and O–H groups in total. The Morgan fingerprint density at radius 1 is 1.29 bits per heavy atom. The molecular weight excluding hydrogens is 276 g/mol. The van der Waals surface area contributed by atoms with Gasteiger partial charge in [0.2, 0.25) is 0 Å². The van der Waals surface area contributed by atoms with Crippen LogP contribution in [0.15, 0.2) is 0 Å². The van der Waals surface area contributed by atoms with Crippen LogP contribution in [0.1, 0.15) is 40.0 Å². The second-order valence-corrected chi connectivity index (χ2v) is 7.78. The molecule has 2 bridgehead atoms. The summed E-state index contributed by atoms with van der Waals surface area (Å²) in [4.78, 5) is 12.2. The number of esters is 1.